The van der Waals surface area contributed by atoms with Crippen molar-refractivity contribution in [3.8, 4) is 5.75 Å². The van der Waals surface area contributed by atoms with Crippen LogP contribution in [0, 0.1) is 0 Å². The van der Waals surface area contributed by atoms with Crippen LogP contribution in [-0.2, 0) is 5.21 Å². The first-order chi connectivity index (χ1) is 7.92. The van der Waals surface area contributed by atoms with Crippen molar-refractivity contribution in [3.05, 3.63) is 30.0 Å². The highest BCUT2D eigenvalue weighted by atomic mass is 16.3. The van der Waals surface area contributed by atoms with E-state index in [9.17, 15) is 5.11 Å². The Bertz CT molecular complexity index is 534. The van der Waals surface area contributed by atoms with E-state index in [0.717, 1.165) is 11.1 Å². The number of H-pyrrole nitrogens is 1. The quantitative estimate of drug-likeness (QED) is 0.761. The van der Waals surface area contributed by atoms with Gasteiger partial charge in [-0.3, -0.25) is 0 Å². The Kier molecular flexibility index (Phi) is 2.96. The molecule has 2 rings (SSSR count). The highest BCUT2D eigenvalue weighted by Crippen LogP contribution is 2.33. The Labute approximate surface area is 104 Å². The third-order valence-corrected chi connectivity index (χ3v) is 2.76. The molecule has 0 saturated carbocycles. The zero-order valence-electron chi connectivity index (χ0n) is 10.1. The molecule has 1 aromatic heterocycles. The lowest BCUT2D eigenvalue weighted by Crippen LogP contribution is -2.38. The molecular formula is C12H14B2N2O. The third kappa shape index (κ3) is 2.20. The first-order valence-electron chi connectivity index (χ1n) is 5.44. The SMILES string of the molecule is [B]C([B])(CN(C)C)c1c[nH]c2cccc(O)c12. The number of aromatic amines is 1. The highest BCUT2D eigenvalue weighted by Gasteiger charge is 2.24. The Morgan fingerprint density at radius 3 is 2.71 bits per heavy atom. The van der Waals surface area contributed by atoms with Gasteiger partial charge in [-0.25, -0.2) is 0 Å². The second-order valence-corrected chi connectivity index (χ2v) is 4.68. The summed E-state index contributed by atoms with van der Waals surface area (Å²) in [6, 6.07) is 5.29. The average molecular weight is 224 g/mol. The van der Waals surface area contributed by atoms with Crippen molar-refractivity contribution >= 4 is 26.6 Å². The topological polar surface area (TPSA) is 39.3 Å². The molecule has 0 amide bonds. The van der Waals surface area contributed by atoms with Gasteiger partial charge >= 0.3 is 0 Å². The molecule has 2 N–H and O–H groups in total. The van der Waals surface area contributed by atoms with Crippen LogP contribution < -0.4 is 0 Å². The summed E-state index contributed by atoms with van der Waals surface area (Å²) in [4.78, 5) is 4.99. The van der Waals surface area contributed by atoms with Crippen LogP contribution in [0.1, 0.15) is 5.56 Å². The summed E-state index contributed by atoms with van der Waals surface area (Å²) in [5.41, 5.74) is 1.55. The van der Waals surface area contributed by atoms with Crippen LogP contribution in [0.25, 0.3) is 10.9 Å². The molecule has 0 atom stereocenters. The number of hydrogen-bond acceptors (Lipinski definition) is 2. The molecule has 84 valence electrons. The zero-order valence-corrected chi connectivity index (χ0v) is 10.1. The molecule has 0 aliphatic heterocycles. The molecule has 0 aliphatic rings. The van der Waals surface area contributed by atoms with Gasteiger partial charge in [0.1, 0.15) is 5.75 Å². The van der Waals surface area contributed by atoms with Crippen LogP contribution in [0.4, 0.5) is 0 Å². The van der Waals surface area contributed by atoms with Crippen molar-refractivity contribution in [1.82, 2.24) is 9.88 Å². The number of benzene rings is 1. The largest absolute Gasteiger partial charge is 0.507 e. The lowest BCUT2D eigenvalue weighted by molar-refractivity contribution is 0.392. The van der Waals surface area contributed by atoms with Crippen LogP contribution >= 0.6 is 0 Å². The fraction of sp³-hybridized carbons (Fsp3) is 0.333. The van der Waals surface area contributed by atoms with E-state index in [-0.39, 0.29) is 5.75 Å². The van der Waals surface area contributed by atoms with Crippen molar-refractivity contribution in [2.75, 3.05) is 20.6 Å². The second kappa shape index (κ2) is 4.15. The van der Waals surface area contributed by atoms with Crippen LogP contribution in [0.2, 0.25) is 0 Å². The minimum Gasteiger partial charge on any atom is -0.507 e. The Balaban J connectivity index is 2.55. The Morgan fingerprint density at radius 1 is 1.35 bits per heavy atom. The maximum Gasteiger partial charge on any atom is 0.125 e. The van der Waals surface area contributed by atoms with Crippen molar-refractivity contribution in [3.63, 3.8) is 0 Å². The monoisotopic (exact) mass is 224 g/mol. The highest BCUT2D eigenvalue weighted by molar-refractivity contribution is 6.41. The van der Waals surface area contributed by atoms with Gasteiger partial charge in [0.25, 0.3) is 0 Å². The number of hydrogen-bond donors (Lipinski definition) is 2. The molecule has 1 heterocycles. The van der Waals surface area contributed by atoms with E-state index in [2.05, 4.69) is 4.98 Å². The van der Waals surface area contributed by atoms with Gasteiger partial charge in [-0.05, 0) is 38.3 Å². The van der Waals surface area contributed by atoms with Gasteiger partial charge in [0.2, 0.25) is 0 Å². The molecular weight excluding hydrogens is 210 g/mol. The summed E-state index contributed by atoms with van der Waals surface area (Å²) in [6.45, 7) is 0.494. The molecule has 0 unspecified atom stereocenters. The number of aromatic nitrogens is 1. The maximum absolute atomic E-state index is 9.89. The van der Waals surface area contributed by atoms with Gasteiger partial charge in [-0.1, -0.05) is 11.3 Å². The standard InChI is InChI=1S/C12H14B2N2O/c1-16(2)7-12(13,14)8-6-15-9-4-3-5-10(17)11(8)9/h3-6,15,17H,7H2,1-2H3. The summed E-state index contributed by atoms with van der Waals surface area (Å²) >= 11 is 0. The summed E-state index contributed by atoms with van der Waals surface area (Å²) in [6.07, 6.45) is 1.76. The van der Waals surface area contributed by atoms with E-state index >= 15 is 0 Å². The van der Waals surface area contributed by atoms with Crippen LogP contribution in [0.15, 0.2) is 24.4 Å². The predicted molar refractivity (Wildman–Crippen MR) is 71.7 cm³/mol. The number of nitrogens with one attached hydrogen (secondary N) is 1. The Morgan fingerprint density at radius 2 is 2.06 bits per heavy atom. The second-order valence-electron chi connectivity index (χ2n) is 4.68. The maximum atomic E-state index is 9.89. The number of likely N-dealkylation sites (N-methyl/N-ethyl adjacent to an activating group) is 1. The predicted octanol–water partition coefficient (Wildman–Crippen LogP) is 0.925. The number of nitrogens with zero attached hydrogens (tertiary/aromatic N) is 1. The smallest absolute Gasteiger partial charge is 0.125 e. The van der Waals surface area contributed by atoms with Gasteiger partial charge < -0.3 is 15.0 Å². The van der Waals surface area contributed by atoms with Crippen LogP contribution in [0.5, 0.6) is 5.75 Å². The molecule has 4 radical (unpaired) electrons. The molecule has 0 bridgehead atoms. The fourth-order valence-electron chi connectivity index (χ4n) is 2.14. The zero-order chi connectivity index (χ0) is 12.6. The summed E-state index contributed by atoms with van der Waals surface area (Å²) in [5.74, 6) is 0.192. The number of fused-ring (bicyclic) bond motifs is 1. The van der Waals surface area contributed by atoms with E-state index in [1.165, 1.54) is 0 Å². The number of phenols is 1. The van der Waals surface area contributed by atoms with Crippen LogP contribution in [-0.4, -0.2) is 51.3 Å². The minimum atomic E-state index is -0.999. The van der Waals surface area contributed by atoms with Crippen molar-refractivity contribution in [1.29, 1.82) is 0 Å². The van der Waals surface area contributed by atoms with Gasteiger partial charge in [0.05, 0.1) is 15.7 Å². The molecule has 0 spiro atoms. The van der Waals surface area contributed by atoms with E-state index in [1.807, 2.05) is 25.1 Å². The first-order valence-corrected chi connectivity index (χ1v) is 5.44. The molecule has 2 aromatic rings. The van der Waals surface area contributed by atoms with E-state index in [0.29, 0.717) is 11.9 Å². The normalized spacial score (nSPS) is 12.4. The minimum absolute atomic E-state index is 0.192. The van der Waals surface area contributed by atoms with E-state index in [1.54, 1.807) is 18.3 Å². The van der Waals surface area contributed by atoms with Gasteiger partial charge in [0.15, 0.2) is 0 Å². The number of rotatable bonds is 3. The van der Waals surface area contributed by atoms with Gasteiger partial charge in [-0.2, -0.15) is 0 Å². The Hall–Kier alpha value is -1.35. The lowest BCUT2D eigenvalue weighted by atomic mass is 9.51. The van der Waals surface area contributed by atoms with Crippen LogP contribution in [0.3, 0.4) is 0 Å². The molecule has 0 fully saturated rings. The van der Waals surface area contributed by atoms with Crippen molar-refractivity contribution in [2.45, 2.75) is 5.21 Å². The molecule has 0 saturated heterocycles. The number of phenolic OH excluding ortho intramolecular Hbond substituents is 1. The first kappa shape index (κ1) is 12.1. The van der Waals surface area contributed by atoms with Crippen molar-refractivity contribution in [2.24, 2.45) is 0 Å². The lowest BCUT2D eigenvalue weighted by Gasteiger charge is -2.29. The van der Waals surface area contributed by atoms with Gasteiger partial charge in [-0.15, -0.1) is 0 Å². The fourth-order valence-corrected chi connectivity index (χ4v) is 2.14. The molecule has 17 heavy (non-hydrogen) atoms. The van der Waals surface area contributed by atoms with Gasteiger partial charge in [0, 0.05) is 17.1 Å². The average Bonchev–Trinajstić information content (AvgIpc) is 2.61. The summed E-state index contributed by atoms with van der Waals surface area (Å²) in [7, 11) is 16.1. The molecule has 0 aliphatic carbocycles. The third-order valence-electron chi connectivity index (χ3n) is 2.76. The van der Waals surface area contributed by atoms with E-state index < -0.39 is 5.21 Å². The summed E-state index contributed by atoms with van der Waals surface area (Å²) < 4.78 is 0. The molecule has 5 heteroatoms. The van der Waals surface area contributed by atoms with Crippen molar-refractivity contribution < 1.29 is 5.11 Å². The molecule has 1 aromatic carbocycles. The molecule has 3 nitrogen and oxygen atoms in total. The number of aromatic hydroxyl groups is 1. The van der Waals surface area contributed by atoms with E-state index in [4.69, 9.17) is 15.7 Å². The summed E-state index contributed by atoms with van der Waals surface area (Å²) in [5, 5.41) is 9.59.